The maximum absolute atomic E-state index is 12.9. The zero-order valence-electron chi connectivity index (χ0n) is 14.2. The van der Waals surface area contributed by atoms with Crippen LogP contribution in [-0.4, -0.2) is 47.3 Å². The molecule has 0 unspecified atom stereocenters. The summed E-state index contributed by atoms with van der Waals surface area (Å²) >= 11 is 0. The van der Waals surface area contributed by atoms with E-state index in [9.17, 15) is 9.59 Å². The molecule has 3 aliphatic rings. The van der Waals surface area contributed by atoms with Gasteiger partial charge in [0.2, 0.25) is 11.8 Å². The summed E-state index contributed by atoms with van der Waals surface area (Å²) in [7, 11) is 0. The molecule has 1 saturated heterocycles. The van der Waals surface area contributed by atoms with Crippen molar-refractivity contribution in [3.63, 3.8) is 0 Å². The molecule has 0 N–H and O–H groups in total. The maximum Gasteiger partial charge on any atom is 0.242 e. The lowest BCUT2D eigenvalue weighted by molar-refractivity contribution is -0.149. The molecule has 2 amide bonds. The number of hydrogen-bond donors (Lipinski definition) is 0. The van der Waals surface area contributed by atoms with Crippen LogP contribution in [0.15, 0.2) is 24.3 Å². The summed E-state index contributed by atoms with van der Waals surface area (Å²) in [5, 5.41) is 0. The van der Waals surface area contributed by atoms with Crippen molar-refractivity contribution < 1.29 is 9.59 Å². The van der Waals surface area contributed by atoms with Crippen LogP contribution in [0.5, 0.6) is 0 Å². The van der Waals surface area contributed by atoms with Gasteiger partial charge in [-0.15, -0.1) is 0 Å². The Morgan fingerprint density at radius 2 is 1.62 bits per heavy atom. The highest BCUT2D eigenvalue weighted by Gasteiger charge is 2.36. The van der Waals surface area contributed by atoms with Gasteiger partial charge in [-0.05, 0) is 36.8 Å². The van der Waals surface area contributed by atoms with Crippen LogP contribution in [0, 0.1) is 5.92 Å². The Kier molecular flexibility index (Phi) is 4.30. The number of hydrogen-bond acceptors (Lipinski definition) is 2. The van der Waals surface area contributed by atoms with Crippen molar-refractivity contribution in [1.82, 2.24) is 9.80 Å². The molecule has 0 radical (unpaired) electrons. The zero-order chi connectivity index (χ0) is 16.5. The lowest BCUT2D eigenvalue weighted by Gasteiger charge is -2.41. The van der Waals surface area contributed by atoms with Crippen LogP contribution in [0.3, 0.4) is 0 Å². The molecule has 2 aliphatic carbocycles. The zero-order valence-corrected chi connectivity index (χ0v) is 14.2. The van der Waals surface area contributed by atoms with Gasteiger partial charge in [-0.3, -0.25) is 9.59 Å². The normalized spacial score (nSPS) is 22.8. The summed E-state index contributed by atoms with van der Waals surface area (Å²) in [6.45, 7) is 1.70. The van der Waals surface area contributed by atoms with Gasteiger partial charge in [0.05, 0.1) is 6.54 Å². The van der Waals surface area contributed by atoms with Crippen LogP contribution in [-0.2, 0) is 22.4 Å². The second kappa shape index (κ2) is 6.58. The van der Waals surface area contributed by atoms with E-state index in [4.69, 9.17) is 0 Å². The molecule has 1 aromatic rings. The fraction of sp³-hybridized carbons (Fsp3) is 0.600. The number of piperazine rings is 1. The van der Waals surface area contributed by atoms with Gasteiger partial charge in [-0.2, -0.15) is 0 Å². The van der Waals surface area contributed by atoms with Crippen LogP contribution < -0.4 is 0 Å². The lowest BCUT2D eigenvalue weighted by Crippen LogP contribution is -2.56. The lowest BCUT2D eigenvalue weighted by atomic mass is 9.93. The first-order valence-electron chi connectivity index (χ1n) is 9.37. The first-order chi connectivity index (χ1) is 11.7. The van der Waals surface area contributed by atoms with Crippen molar-refractivity contribution in [2.24, 2.45) is 5.92 Å². The molecule has 128 valence electrons. The smallest absolute Gasteiger partial charge is 0.242 e. The predicted octanol–water partition coefficient (Wildman–Crippen LogP) is 2.40. The summed E-state index contributed by atoms with van der Waals surface area (Å²) in [6.07, 6.45) is 7.69. The highest BCUT2D eigenvalue weighted by Crippen LogP contribution is 2.29. The van der Waals surface area contributed by atoms with Crippen LogP contribution in [0.2, 0.25) is 0 Å². The Balaban J connectivity index is 1.37. The molecule has 1 heterocycles. The van der Waals surface area contributed by atoms with Crippen LogP contribution in [0.4, 0.5) is 0 Å². The predicted molar refractivity (Wildman–Crippen MR) is 92.5 cm³/mol. The quantitative estimate of drug-likeness (QED) is 0.837. The average molecular weight is 326 g/mol. The van der Waals surface area contributed by atoms with Crippen molar-refractivity contribution in [2.45, 2.75) is 51.0 Å². The molecular formula is C20H26N2O2. The van der Waals surface area contributed by atoms with Crippen LogP contribution in [0.1, 0.15) is 43.2 Å². The highest BCUT2D eigenvalue weighted by atomic mass is 16.2. The second-order valence-corrected chi connectivity index (χ2v) is 7.51. The fourth-order valence-corrected chi connectivity index (χ4v) is 4.65. The van der Waals surface area contributed by atoms with E-state index in [-0.39, 0.29) is 24.3 Å². The molecule has 1 aliphatic heterocycles. The Bertz CT molecular complexity index is 611. The second-order valence-electron chi connectivity index (χ2n) is 7.51. The standard InChI is InChI=1S/C20H26N2O2/c23-19-14-21(10-11-22(19)18-8-2-1-3-9-18)20(24)17-12-15-6-4-5-7-16(15)13-17/h4-7,17-18H,1-3,8-14H2. The van der Waals surface area contributed by atoms with Crippen molar-refractivity contribution >= 4 is 11.8 Å². The van der Waals surface area contributed by atoms with Crippen LogP contribution in [0.25, 0.3) is 0 Å². The molecule has 0 spiro atoms. The molecule has 0 bridgehead atoms. The summed E-state index contributed by atoms with van der Waals surface area (Å²) in [5.74, 6) is 0.344. The van der Waals surface area contributed by atoms with Crippen molar-refractivity contribution in [3.8, 4) is 0 Å². The van der Waals surface area contributed by atoms with Gasteiger partial charge in [0.25, 0.3) is 0 Å². The van der Waals surface area contributed by atoms with Crippen molar-refractivity contribution in [2.75, 3.05) is 19.6 Å². The minimum absolute atomic E-state index is 0.0245. The van der Waals surface area contributed by atoms with Gasteiger partial charge in [-0.25, -0.2) is 0 Å². The molecule has 1 aromatic carbocycles. The largest absolute Gasteiger partial charge is 0.336 e. The topological polar surface area (TPSA) is 40.6 Å². The number of fused-ring (bicyclic) bond motifs is 1. The molecule has 0 atom stereocenters. The third-order valence-electron chi connectivity index (χ3n) is 5.98. The number of benzene rings is 1. The highest BCUT2D eigenvalue weighted by molar-refractivity contribution is 5.88. The minimum Gasteiger partial charge on any atom is -0.336 e. The summed E-state index contributed by atoms with van der Waals surface area (Å²) in [5.41, 5.74) is 2.59. The van der Waals surface area contributed by atoms with Crippen LogP contribution >= 0.6 is 0 Å². The van der Waals surface area contributed by atoms with Gasteiger partial charge in [0, 0.05) is 25.0 Å². The fourth-order valence-electron chi connectivity index (χ4n) is 4.65. The van der Waals surface area contributed by atoms with E-state index in [1.807, 2.05) is 17.0 Å². The van der Waals surface area contributed by atoms with Crippen molar-refractivity contribution in [1.29, 1.82) is 0 Å². The molecule has 1 saturated carbocycles. The summed E-state index contributed by atoms with van der Waals surface area (Å²) in [6, 6.07) is 8.74. The summed E-state index contributed by atoms with van der Waals surface area (Å²) < 4.78 is 0. The first kappa shape index (κ1) is 15.7. The van der Waals surface area contributed by atoms with Gasteiger partial charge in [-0.1, -0.05) is 43.5 Å². The van der Waals surface area contributed by atoms with Gasteiger partial charge in [0.15, 0.2) is 0 Å². The molecule has 24 heavy (non-hydrogen) atoms. The number of nitrogens with zero attached hydrogens (tertiary/aromatic N) is 2. The molecule has 4 rings (SSSR count). The maximum atomic E-state index is 12.9. The Morgan fingerprint density at radius 1 is 0.958 bits per heavy atom. The van der Waals surface area contributed by atoms with E-state index in [1.165, 1.54) is 30.4 Å². The molecule has 4 heteroatoms. The Morgan fingerprint density at radius 3 is 2.25 bits per heavy atom. The first-order valence-corrected chi connectivity index (χ1v) is 9.37. The van der Waals surface area contributed by atoms with E-state index in [0.717, 1.165) is 32.2 Å². The summed E-state index contributed by atoms with van der Waals surface area (Å²) in [4.78, 5) is 29.3. The number of rotatable bonds is 2. The van der Waals surface area contributed by atoms with Gasteiger partial charge < -0.3 is 9.80 Å². The van der Waals surface area contributed by atoms with Crippen molar-refractivity contribution in [3.05, 3.63) is 35.4 Å². The third kappa shape index (κ3) is 2.94. The molecule has 4 nitrogen and oxygen atoms in total. The van der Waals surface area contributed by atoms with E-state index in [1.54, 1.807) is 4.90 Å². The molecule has 2 fully saturated rings. The SMILES string of the molecule is O=C(C1Cc2ccccc2C1)N1CCN(C2CCCCC2)C(=O)C1. The van der Waals surface area contributed by atoms with E-state index in [2.05, 4.69) is 12.1 Å². The van der Waals surface area contributed by atoms with E-state index >= 15 is 0 Å². The number of carbonyl (C=O) groups is 2. The van der Waals surface area contributed by atoms with Gasteiger partial charge >= 0.3 is 0 Å². The van der Waals surface area contributed by atoms with E-state index < -0.39 is 0 Å². The van der Waals surface area contributed by atoms with Gasteiger partial charge in [0.1, 0.15) is 0 Å². The minimum atomic E-state index is 0.0245. The Labute approximate surface area is 143 Å². The molecular weight excluding hydrogens is 300 g/mol. The number of amides is 2. The number of carbonyl (C=O) groups excluding carboxylic acids is 2. The van der Waals surface area contributed by atoms with E-state index in [0.29, 0.717) is 12.6 Å². The monoisotopic (exact) mass is 326 g/mol. The molecule has 0 aromatic heterocycles. The third-order valence-corrected chi connectivity index (χ3v) is 5.98. The average Bonchev–Trinajstić information content (AvgIpc) is 3.06. The Hall–Kier alpha value is -1.84.